The van der Waals surface area contributed by atoms with Gasteiger partial charge in [-0.1, -0.05) is 20.3 Å². The van der Waals surface area contributed by atoms with Gasteiger partial charge in [-0.05, 0) is 36.6 Å². The first kappa shape index (κ1) is 11.9. The Bertz CT molecular complexity index is 295. The molecule has 0 aromatic heterocycles. The van der Waals surface area contributed by atoms with Gasteiger partial charge in [0, 0.05) is 0 Å². The minimum Gasteiger partial charge on any atom is -0.497 e. The molecule has 0 fully saturated rings. The lowest BCUT2D eigenvalue weighted by atomic mass is 10.1. The van der Waals surface area contributed by atoms with Crippen LogP contribution in [0.15, 0.2) is 18.2 Å². The molecule has 0 saturated heterocycles. The Balaban J connectivity index is 2.69. The molecule has 0 atom stereocenters. The average molecular weight is 208 g/mol. The lowest BCUT2D eigenvalue weighted by Gasteiger charge is -2.11. The highest BCUT2D eigenvalue weighted by atomic mass is 16.5. The van der Waals surface area contributed by atoms with Crippen LogP contribution < -0.4 is 9.47 Å². The van der Waals surface area contributed by atoms with E-state index in [1.54, 1.807) is 7.11 Å². The highest BCUT2D eigenvalue weighted by Gasteiger charge is 2.03. The van der Waals surface area contributed by atoms with Gasteiger partial charge in [0.2, 0.25) is 0 Å². The van der Waals surface area contributed by atoms with Gasteiger partial charge in [-0.2, -0.15) is 0 Å². The van der Waals surface area contributed by atoms with Crippen LogP contribution in [-0.4, -0.2) is 13.7 Å². The summed E-state index contributed by atoms with van der Waals surface area (Å²) in [6.45, 7) is 5.09. The molecule has 84 valence electrons. The third kappa shape index (κ3) is 3.46. The first-order valence-electron chi connectivity index (χ1n) is 5.61. The van der Waals surface area contributed by atoms with Crippen molar-refractivity contribution in [2.75, 3.05) is 13.7 Å². The molecule has 1 aromatic carbocycles. The molecule has 0 unspecified atom stereocenters. The van der Waals surface area contributed by atoms with Gasteiger partial charge in [-0.3, -0.25) is 0 Å². The summed E-state index contributed by atoms with van der Waals surface area (Å²) in [7, 11) is 1.69. The molecule has 15 heavy (non-hydrogen) atoms. The molecular formula is C13H20O2. The van der Waals surface area contributed by atoms with Crippen molar-refractivity contribution >= 4 is 0 Å². The third-order valence-corrected chi connectivity index (χ3v) is 2.40. The highest BCUT2D eigenvalue weighted by Crippen LogP contribution is 2.24. The first-order chi connectivity index (χ1) is 7.31. The summed E-state index contributed by atoms with van der Waals surface area (Å²) >= 11 is 0. The van der Waals surface area contributed by atoms with E-state index >= 15 is 0 Å². The molecule has 0 bridgehead atoms. The van der Waals surface area contributed by atoms with Crippen LogP contribution in [0.2, 0.25) is 0 Å². The predicted molar refractivity (Wildman–Crippen MR) is 62.8 cm³/mol. The maximum Gasteiger partial charge on any atom is 0.122 e. The number of unbranched alkanes of at least 4 members (excludes halogenated alkanes) is 1. The van der Waals surface area contributed by atoms with Crippen molar-refractivity contribution in [3.63, 3.8) is 0 Å². The summed E-state index contributed by atoms with van der Waals surface area (Å²) in [6.07, 6.45) is 3.24. The zero-order valence-electron chi connectivity index (χ0n) is 9.88. The van der Waals surface area contributed by atoms with E-state index in [-0.39, 0.29) is 0 Å². The number of rotatable bonds is 6. The zero-order chi connectivity index (χ0) is 11.1. The van der Waals surface area contributed by atoms with Crippen molar-refractivity contribution in [3.05, 3.63) is 23.8 Å². The molecule has 0 saturated carbocycles. The number of aryl methyl sites for hydroxylation is 1. The van der Waals surface area contributed by atoms with E-state index in [1.165, 1.54) is 5.56 Å². The molecule has 0 aliphatic heterocycles. The zero-order valence-corrected chi connectivity index (χ0v) is 9.88. The molecule has 1 aromatic rings. The Morgan fingerprint density at radius 3 is 2.60 bits per heavy atom. The average Bonchev–Trinajstić information content (AvgIpc) is 2.29. The molecule has 0 aliphatic carbocycles. The Labute approximate surface area is 92.2 Å². The summed E-state index contributed by atoms with van der Waals surface area (Å²) in [6, 6.07) is 5.98. The van der Waals surface area contributed by atoms with E-state index in [9.17, 15) is 0 Å². The molecule has 0 amide bonds. The van der Waals surface area contributed by atoms with Gasteiger partial charge in [0.25, 0.3) is 0 Å². The largest absolute Gasteiger partial charge is 0.497 e. The Morgan fingerprint density at radius 1 is 1.20 bits per heavy atom. The molecule has 0 N–H and O–H groups in total. The van der Waals surface area contributed by atoms with E-state index < -0.39 is 0 Å². The maximum atomic E-state index is 5.71. The molecule has 0 spiro atoms. The van der Waals surface area contributed by atoms with Crippen LogP contribution in [-0.2, 0) is 6.42 Å². The van der Waals surface area contributed by atoms with Gasteiger partial charge >= 0.3 is 0 Å². The number of methoxy groups -OCH3 is 1. The van der Waals surface area contributed by atoms with Crippen LogP contribution >= 0.6 is 0 Å². The lowest BCUT2D eigenvalue weighted by molar-refractivity contribution is 0.305. The van der Waals surface area contributed by atoms with Crippen LogP contribution in [0.4, 0.5) is 0 Å². The number of hydrogen-bond donors (Lipinski definition) is 0. The van der Waals surface area contributed by atoms with E-state index in [0.717, 1.165) is 37.4 Å². The van der Waals surface area contributed by atoms with Crippen LogP contribution in [0.3, 0.4) is 0 Å². The fourth-order valence-electron chi connectivity index (χ4n) is 1.43. The summed E-state index contributed by atoms with van der Waals surface area (Å²) in [5, 5.41) is 0. The van der Waals surface area contributed by atoms with Gasteiger partial charge < -0.3 is 9.47 Å². The van der Waals surface area contributed by atoms with Crippen LogP contribution in [0.1, 0.15) is 32.3 Å². The van der Waals surface area contributed by atoms with Crippen LogP contribution in [0, 0.1) is 0 Å². The SMILES string of the molecule is CCCCOc1ccc(OC)cc1CC. The Hall–Kier alpha value is -1.18. The monoisotopic (exact) mass is 208 g/mol. The molecule has 2 heteroatoms. The maximum absolute atomic E-state index is 5.71. The van der Waals surface area contributed by atoms with Crippen LogP contribution in [0.25, 0.3) is 0 Å². The molecule has 0 heterocycles. The van der Waals surface area contributed by atoms with Crippen molar-refractivity contribution < 1.29 is 9.47 Å². The Kier molecular flexibility index (Phi) is 5.02. The Morgan fingerprint density at radius 2 is 2.00 bits per heavy atom. The molecule has 1 rings (SSSR count). The summed E-state index contributed by atoms with van der Waals surface area (Å²) < 4.78 is 10.9. The quantitative estimate of drug-likeness (QED) is 0.667. The molecule has 0 aliphatic rings. The van der Waals surface area contributed by atoms with Crippen molar-refractivity contribution in [2.45, 2.75) is 33.1 Å². The van der Waals surface area contributed by atoms with Crippen molar-refractivity contribution in [1.82, 2.24) is 0 Å². The third-order valence-electron chi connectivity index (χ3n) is 2.40. The fraction of sp³-hybridized carbons (Fsp3) is 0.538. The molecular weight excluding hydrogens is 188 g/mol. The smallest absolute Gasteiger partial charge is 0.122 e. The topological polar surface area (TPSA) is 18.5 Å². The second-order valence-electron chi connectivity index (χ2n) is 3.53. The van der Waals surface area contributed by atoms with E-state index in [2.05, 4.69) is 13.8 Å². The van der Waals surface area contributed by atoms with Crippen LogP contribution in [0.5, 0.6) is 11.5 Å². The summed E-state index contributed by atoms with van der Waals surface area (Å²) in [5.74, 6) is 1.89. The van der Waals surface area contributed by atoms with E-state index in [1.807, 2.05) is 18.2 Å². The normalized spacial score (nSPS) is 10.1. The second kappa shape index (κ2) is 6.33. The number of benzene rings is 1. The summed E-state index contributed by atoms with van der Waals surface area (Å²) in [5.41, 5.74) is 1.21. The van der Waals surface area contributed by atoms with Gasteiger partial charge in [0.1, 0.15) is 11.5 Å². The van der Waals surface area contributed by atoms with Gasteiger partial charge in [-0.25, -0.2) is 0 Å². The van der Waals surface area contributed by atoms with Gasteiger partial charge in [0.05, 0.1) is 13.7 Å². The number of ether oxygens (including phenoxy) is 2. The highest BCUT2D eigenvalue weighted by molar-refractivity contribution is 5.40. The molecule has 0 radical (unpaired) electrons. The minimum atomic E-state index is 0.801. The number of hydrogen-bond acceptors (Lipinski definition) is 2. The van der Waals surface area contributed by atoms with Gasteiger partial charge in [-0.15, -0.1) is 0 Å². The van der Waals surface area contributed by atoms with Crippen molar-refractivity contribution in [1.29, 1.82) is 0 Å². The first-order valence-corrected chi connectivity index (χ1v) is 5.61. The lowest BCUT2D eigenvalue weighted by Crippen LogP contribution is -1.99. The van der Waals surface area contributed by atoms with E-state index in [4.69, 9.17) is 9.47 Å². The van der Waals surface area contributed by atoms with E-state index in [0.29, 0.717) is 0 Å². The summed E-state index contributed by atoms with van der Waals surface area (Å²) in [4.78, 5) is 0. The van der Waals surface area contributed by atoms with Crippen molar-refractivity contribution in [2.24, 2.45) is 0 Å². The minimum absolute atomic E-state index is 0.801. The fourth-order valence-corrected chi connectivity index (χ4v) is 1.43. The molecule has 2 nitrogen and oxygen atoms in total. The predicted octanol–water partition coefficient (Wildman–Crippen LogP) is 3.44. The standard InChI is InChI=1S/C13H20O2/c1-4-6-9-15-13-8-7-12(14-3)10-11(13)5-2/h7-8,10H,4-6,9H2,1-3H3. The van der Waals surface area contributed by atoms with Crippen molar-refractivity contribution in [3.8, 4) is 11.5 Å². The van der Waals surface area contributed by atoms with Gasteiger partial charge in [0.15, 0.2) is 0 Å². The second-order valence-corrected chi connectivity index (χ2v) is 3.53.